The summed E-state index contributed by atoms with van der Waals surface area (Å²) in [6.45, 7) is 0. The van der Waals surface area contributed by atoms with Gasteiger partial charge in [0.1, 0.15) is 0 Å². The summed E-state index contributed by atoms with van der Waals surface area (Å²) in [4.78, 5) is 0. The molecule has 8 aromatic carbocycles. The minimum atomic E-state index is 0.933. The summed E-state index contributed by atoms with van der Waals surface area (Å²) in [6, 6.07) is 55.8. The predicted molar refractivity (Wildman–Crippen MR) is 194 cm³/mol. The van der Waals surface area contributed by atoms with Gasteiger partial charge < -0.3 is 0 Å². The molecule has 0 fully saturated rings. The molecule has 1 aliphatic rings. The van der Waals surface area contributed by atoms with Gasteiger partial charge in [0.2, 0.25) is 0 Å². The van der Waals surface area contributed by atoms with E-state index in [1.54, 1.807) is 0 Å². The highest BCUT2D eigenvalue weighted by Crippen LogP contribution is 2.47. The summed E-state index contributed by atoms with van der Waals surface area (Å²) in [5, 5.41) is 10.2. The van der Waals surface area contributed by atoms with Crippen LogP contribution < -0.4 is 0 Å². The normalized spacial score (nSPS) is 12.8. The standard InChI is InChI=1S/C45H30/c1-2-11-30(12-3-1)36-24-25-40-42(29-36)44(38-22-21-32-14-5-7-17-35(32)28-38)45-39-20-9-8-15-33(39)23-26-41(45)43(40)37-19-10-18-31-13-4-6-16-34(31)27-37/h1-17,19-29H,18H2. The quantitative estimate of drug-likeness (QED) is 0.146. The SMILES string of the molecule is C1=CC(c2c3ccc(-c4ccccc4)cc3c(-c3ccc4ccccc4c3)c3c2ccc2ccccc23)=Cc2ccccc2C1. The Hall–Kier alpha value is -5.72. The van der Waals surface area contributed by atoms with Crippen LogP contribution in [0.3, 0.4) is 0 Å². The summed E-state index contributed by atoms with van der Waals surface area (Å²) in [5.74, 6) is 0. The van der Waals surface area contributed by atoms with Gasteiger partial charge in [0.05, 0.1) is 0 Å². The van der Waals surface area contributed by atoms with Gasteiger partial charge in [-0.3, -0.25) is 0 Å². The predicted octanol–water partition coefficient (Wildman–Crippen LogP) is 12.3. The van der Waals surface area contributed by atoms with E-state index in [0.29, 0.717) is 0 Å². The fourth-order valence-corrected chi connectivity index (χ4v) is 7.31. The number of fused-ring (bicyclic) bond motifs is 6. The second kappa shape index (κ2) is 10.5. The Bertz CT molecular complexity index is 2490. The maximum absolute atomic E-state index is 2.43. The van der Waals surface area contributed by atoms with Crippen LogP contribution in [0, 0.1) is 0 Å². The average Bonchev–Trinajstić information content (AvgIpc) is 3.33. The van der Waals surface area contributed by atoms with Crippen LogP contribution in [0.1, 0.15) is 16.7 Å². The smallest absolute Gasteiger partial charge is 0.00141 e. The summed E-state index contributed by atoms with van der Waals surface area (Å²) >= 11 is 0. The Balaban J connectivity index is 1.48. The summed E-state index contributed by atoms with van der Waals surface area (Å²) < 4.78 is 0. The largest absolute Gasteiger partial charge is 0.0795 e. The highest BCUT2D eigenvalue weighted by atomic mass is 14.2. The first-order valence-electron chi connectivity index (χ1n) is 15.7. The van der Waals surface area contributed by atoms with Gasteiger partial charge in [-0.15, -0.1) is 0 Å². The summed E-state index contributed by atoms with van der Waals surface area (Å²) in [6.07, 6.45) is 7.99. The number of hydrogen-bond acceptors (Lipinski definition) is 0. The molecule has 0 heteroatoms. The topological polar surface area (TPSA) is 0 Å². The van der Waals surface area contributed by atoms with Gasteiger partial charge in [-0.2, -0.15) is 0 Å². The monoisotopic (exact) mass is 570 g/mol. The third kappa shape index (κ3) is 4.30. The zero-order chi connectivity index (χ0) is 29.7. The van der Waals surface area contributed by atoms with E-state index >= 15 is 0 Å². The van der Waals surface area contributed by atoms with Crippen LogP contribution in [-0.4, -0.2) is 0 Å². The van der Waals surface area contributed by atoms with Crippen LogP contribution in [-0.2, 0) is 6.42 Å². The van der Waals surface area contributed by atoms with E-state index in [2.05, 4.69) is 170 Å². The van der Waals surface area contributed by atoms with Crippen molar-refractivity contribution in [2.45, 2.75) is 6.42 Å². The van der Waals surface area contributed by atoms with E-state index < -0.39 is 0 Å². The molecule has 0 aromatic heterocycles. The van der Waals surface area contributed by atoms with E-state index in [0.717, 1.165) is 6.42 Å². The zero-order valence-electron chi connectivity index (χ0n) is 24.9. The van der Waals surface area contributed by atoms with Crippen LogP contribution in [0.2, 0.25) is 0 Å². The molecule has 0 saturated carbocycles. The average molecular weight is 571 g/mol. The molecule has 0 N–H and O–H groups in total. The van der Waals surface area contributed by atoms with Gasteiger partial charge in [0, 0.05) is 0 Å². The van der Waals surface area contributed by atoms with Crippen LogP contribution >= 0.6 is 0 Å². The van der Waals surface area contributed by atoms with Crippen molar-refractivity contribution in [3.05, 3.63) is 181 Å². The fraction of sp³-hybridized carbons (Fsp3) is 0.0222. The van der Waals surface area contributed by atoms with Crippen molar-refractivity contribution in [2.75, 3.05) is 0 Å². The van der Waals surface area contributed by atoms with Crippen LogP contribution in [0.5, 0.6) is 0 Å². The van der Waals surface area contributed by atoms with Crippen LogP contribution in [0.15, 0.2) is 164 Å². The van der Waals surface area contributed by atoms with Gasteiger partial charge in [-0.05, 0) is 112 Å². The Kier molecular flexibility index (Phi) is 5.99. The molecule has 0 unspecified atom stereocenters. The highest BCUT2D eigenvalue weighted by molar-refractivity contribution is 6.27. The minimum Gasteiger partial charge on any atom is -0.0795 e. The van der Waals surface area contributed by atoms with E-state index in [9.17, 15) is 0 Å². The van der Waals surface area contributed by atoms with Crippen molar-refractivity contribution < 1.29 is 0 Å². The molecule has 8 aromatic rings. The van der Waals surface area contributed by atoms with Gasteiger partial charge in [0.15, 0.2) is 0 Å². The molecule has 1 aliphatic carbocycles. The van der Waals surface area contributed by atoms with E-state index in [-0.39, 0.29) is 0 Å². The van der Waals surface area contributed by atoms with Crippen LogP contribution in [0.4, 0.5) is 0 Å². The number of hydrogen-bond donors (Lipinski definition) is 0. The van der Waals surface area contributed by atoms with Gasteiger partial charge >= 0.3 is 0 Å². The lowest BCUT2D eigenvalue weighted by atomic mass is 9.82. The lowest BCUT2D eigenvalue weighted by molar-refractivity contribution is 1.27. The first-order chi connectivity index (χ1) is 22.3. The molecule has 0 nitrogen and oxygen atoms in total. The first kappa shape index (κ1) is 25.7. The zero-order valence-corrected chi connectivity index (χ0v) is 24.9. The number of allylic oxidation sites excluding steroid dienone is 3. The maximum atomic E-state index is 2.43. The third-order valence-electron chi connectivity index (χ3n) is 9.44. The van der Waals surface area contributed by atoms with Crippen molar-refractivity contribution in [2.24, 2.45) is 0 Å². The van der Waals surface area contributed by atoms with Gasteiger partial charge in [-0.25, -0.2) is 0 Å². The second-order valence-electron chi connectivity index (χ2n) is 12.1. The van der Waals surface area contributed by atoms with Gasteiger partial charge in [-0.1, -0.05) is 152 Å². The Morgan fingerprint density at radius 1 is 0.400 bits per heavy atom. The maximum Gasteiger partial charge on any atom is -0.00141 e. The van der Waals surface area contributed by atoms with Crippen molar-refractivity contribution in [3.8, 4) is 22.3 Å². The van der Waals surface area contributed by atoms with E-state index in [1.165, 1.54) is 87.6 Å². The molecule has 0 bridgehead atoms. The lowest BCUT2D eigenvalue weighted by Crippen LogP contribution is -1.95. The molecule has 0 saturated heterocycles. The van der Waals surface area contributed by atoms with E-state index in [1.807, 2.05) is 0 Å². The highest BCUT2D eigenvalue weighted by Gasteiger charge is 2.21. The van der Waals surface area contributed by atoms with Crippen molar-refractivity contribution in [3.63, 3.8) is 0 Å². The number of benzene rings is 8. The molecule has 0 heterocycles. The molecular weight excluding hydrogens is 540 g/mol. The molecule has 45 heavy (non-hydrogen) atoms. The Labute approximate surface area is 263 Å². The molecule has 9 rings (SSSR count). The van der Waals surface area contributed by atoms with Gasteiger partial charge in [0.25, 0.3) is 0 Å². The summed E-state index contributed by atoms with van der Waals surface area (Å²) in [7, 11) is 0. The molecule has 0 spiro atoms. The van der Waals surface area contributed by atoms with Crippen molar-refractivity contribution in [1.82, 2.24) is 0 Å². The minimum absolute atomic E-state index is 0.933. The molecule has 0 aliphatic heterocycles. The Morgan fingerprint density at radius 3 is 2.02 bits per heavy atom. The second-order valence-corrected chi connectivity index (χ2v) is 12.1. The lowest BCUT2D eigenvalue weighted by Gasteiger charge is -2.21. The fourth-order valence-electron chi connectivity index (χ4n) is 7.31. The molecule has 0 amide bonds. The molecule has 0 atom stereocenters. The van der Waals surface area contributed by atoms with E-state index in [4.69, 9.17) is 0 Å². The first-order valence-corrected chi connectivity index (χ1v) is 15.7. The molecule has 210 valence electrons. The van der Waals surface area contributed by atoms with Crippen molar-refractivity contribution >= 4 is 54.7 Å². The van der Waals surface area contributed by atoms with Crippen molar-refractivity contribution in [1.29, 1.82) is 0 Å². The number of rotatable bonds is 3. The van der Waals surface area contributed by atoms with Crippen LogP contribution in [0.25, 0.3) is 77.0 Å². The Morgan fingerprint density at radius 2 is 1.11 bits per heavy atom. The molecular formula is C45H30. The third-order valence-corrected chi connectivity index (χ3v) is 9.44. The summed E-state index contributed by atoms with van der Waals surface area (Å²) in [5.41, 5.74) is 10.2. The molecule has 0 radical (unpaired) electrons.